The first-order chi connectivity index (χ1) is 30.3. The Kier molecular flexibility index (Phi) is 7.46. The molecular formula is C59H37NS. The highest BCUT2D eigenvalue weighted by Crippen LogP contribution is 2.63. The van der Waals surface area contributed by atoms with Gasteiger partial charge in [-0.1, -0.05) is 176 Å². The van der Waals surface area contributed by atoms with Crippen molar-refractivity contribution < 1.29 is 0 Å². The van der Waals surface area contributed by atoms with E-state index in [-0.39, 0.29) is 0 Å². The third-order valence-corrected chi connectivity index (χ3v) is 14.5. The number of hydrogen-bond acceptors (Lipinski definition) is 2. The second kappa shape index (κ2) is 13.2. The van der Waals surface area contributed by atoms with Crippen molar-refractivity contribution in [1.82, 2.24) is 0 Å². The summed E-state index contributed by atoms with van der Waals surface area (Å²) in [5.41, 5.74) is 18.5. The number of rotatable bonds is 5. The lowest BCUT2D eigenvalue weighted by atomic mass is 9.70. The van der Waals surface area contributed by atoms with Crippen molar-refractivity contribution in [3.63, 3.8) is 0 Å². The number of nitrogens with zero attached hydrogens (tertiary/aromatic N) is 1. The maximum absolute atomic E-state index is 2.48. The predicted octanol–water partition coefficient (Wildman–Crippen LogP) is 16.4. The van der Waals surface area contributed by atoms with Crippen molar-refractivity contribution in [2.24, 2.45) is 0 Å². The predicted molar refractivity (Wildman–Crippen MR) is 259 cm³/mol. The lowest BCUT2D eigenvalue weighted by Gasteiger charge is -2.32. The average molecular weight is 792 g/mol. The minimum atomic E-state index is -0.423. The molecule has 0 bridgehead atoms. The van der Waals surface area contributed by atoms with Crippen molar-refractivity contribution in [2.45, 2.75) is 5.41 Å². The first-order valence-electron chi connectivity index (χ1n) is 21.1. The number of fused-ring (bicyclic) bond motifs is 15. The van der Waals surface area contributed by atoms with Gasteiger partial charge in [-0.25, -0.2) is 0 Å². The van der Waals surface area contributed by atoms with Crippen molar-refractivity contribution in [1.29, 1.82) is 0 Å². The second-order valence-electron chi connectivity index (χ2n) is 16.4. The minimum absolute atomic E-state index is 0.423. The number of hydrogen-bond donors (Lipinski definition) is 0. The van der Waals surface area contributed by atoms with E-state index in [9.17, 15) is 0 Å². The van der Waals surface area contributed by atoms with E-state index in [1.54, 1.807) is 0 Å². The molecule has 0 amide bonds. The van der Waals surface area contributed by atoms with Gasteiger partial charge in [-0.05, 0) is 121 Å². The molecule has 0 radical (unpaired) electrons. The van der Waals surface area contributed by atoms with Crippen molar-refractivity contribution in [3.8, 4) is 44.5 Å². The zero-order chi connectivity index (χ0) is 40.1. The smallest absolute Gasteiger partial charge is 0.0726 e. The van der Waals surface area contributed by atoms with Gasteiger partial charge in [0.2, 0.25) is 0 Å². The molecule has 1 aromatic heterocycles. The molecule has 0 saturated carbocycles. The van der Waals surface area contributed by atoms with Crippen LogP contribution >= 0.6 is 11.3 Å². The SMILES string of the molecule is c1ccc(-c2ccc(N(c3ccc(-c4cc5ccccc5c5c4sc4ccccc45)cc3)c3ccc4c(c3)C3(c5ccccc5-c5ccccc53)c3ccccc3-4)cc2)cc1. The van der Waals surface area contributed by atoms with Gasteiger partial charge in [-0.15, -0.1) is 11.3 Å². The quantitative estimate of drug-likeness (QED) is 0.168. The van der Waals surface area contributed by atoms with Crippen LogP contribution in [-0.4, -0.2) is 0 Å². The van der Waals surface area contributed by atoms with E-state index in [0.29, 0.717) is 0 Å². The summed E-state index contributed by atoms with van der Waals surface area (Å²) in [7, 11) is 0. The molecule has 0 saturated heterocycles. The van der Waals surface area contributed by atoms with E-state index in [4.69, 9.17) is 0 Å². The molecule has 0 aliphatic heterocycles. The maximum Gasteiger partial charge on any atom is 0.0726 e. The lowest BCUT2D eigenvalue weighted by Crippen LogP contribution is -2.26. The third kappa shape index (κ3) is 4.94. The number of benzene rings is 10. The highest BCUT2D eigenvalue weighted by Gasteiger charge is 2.51. The second-order valence-corrected chi connectivity index (χ2v) is 17.4. The van der Waals surface area contributed by atoms with Crippen molar-refractivity contribution in [2.75, 3.05) is 4.90 Å². The van der Waals surface area contributed by atoms with Gasteiger partial charge in [-0.3, -0.25) is 0 Å². The molecule has 0 atom stereocenters. The average Bonchev–Trinajstić information content (AvgIpc) is 3.97. The first-order valence-corrected chi connectivity index (χ1v) is 21.9. The van der Waals surface area contributed by atoms with Gasteiger partial charge in [-0.2, -0.15) is 0 Å². The molecule has 1 spiro atoms. The van der Waals surface area contributed by atoms with Crippen LogP contribution in [0.3, 0.4) is 0 Å². The minimum Gasteiger partial charge on any atom is -0.310 e. The van der Waals surface area contributed by atoms with E-state index < -0.39 is 5.41 Å². The molecule has 2 aliphatic carbocycles. The van der Waals surface area contributed by atoms with E-state index in [2.05, 4.69) is 229 Å². The van der Waals surface area contributed by atoms with Crippen molar-refractivity contribution in [3.05, 3.63) is 247 Å². The van der Waals surface area contributed by atoms with Crippen LogP contribution in [0.15, 0.2) is 224 Å². The van der Waals surface area contributed by atoms with Gasteiger partial charge in [0, 0.05) is 42.8 Å². The van der Waals surface area contributed by atoms with Crippen LogP contribution in [0.4, 0.5) is 17.1 Å². The van der Waals surface area contributed by atoms with Crippen LogP contribution in [0.25, 0.3) is 75.5 Å². The highest BCUT2D eigenvalue weighted by molar-refractivity contribution is 7.26. The van der Waals surface area contributed by atoms with Crippen LogP contribution in [0.1, 0.15) is 22.3 Å². The van der Waals surface area contributed by atoms with Gasteiger partial charge >= 0.3 is 0 Å². The summed E-state index contributed by atoms with van der Waals surface area (Å²) >= 11 is 1.90. The Morgan fingerprint density at radius 3 is 1.48 bits per heavy atom. The Hall–Kier alpha value is -7.52. The topological polar surface area (TPSA) is 3.24 Å². The van der Waals surface area contributed by atoms with E-state index in [1.807, 2.05) is 11.3 Å². The zero-order valence-corrected chi connectivity index (χ0v) is 34.0. The van der Waals surface area contributed by atoms with Crippen LogP contribution in [0, 0.1) is 0 Å². The van der Waals surface area contributed by atoms with Gasteiger partial charge in [0.05, 0.1) is 5.41 Å². The van der Waals surface area contributed by atoms with Crippen LogP contribution in [0.5, 0.6) is 0 Å². The molecule has 0 N–H and O–H groups in total. The Labute approximate surface area is 359 Å². The summed E-state index contributed by atoms with van der Waals surface area (Å²) in [6.45, 7) is 0. The number of thiophene rings is 1. The zero-order valence-electron chi connectivity index (χ0n) is 33.2. The Balaban J connectivity index is 1.01. The van der Waals surface area contributed by atoms with Gasteiger partial charge in [0.1, 0.15) is 0 Å². The summed E-state index contributed by atoms with van der Waals surface area (Å²) in [6.07, 6.45) is 0. The standard InChI is InChI=1S/C59H37NS/c1-2-14-38(15-3-1)39-26-30-42(31-27-39)60(43-32-28-40(29-33-43)51-36-41-16-4-5-17-45(41)57-50-21-9-13-25-56(50)61-58(51)57)44-34-35-49-48-20-8-12-24-54(48)59(55(49)37-44)52-22-10-6-18-46(52)47-19-7-11-23-53(47)59/h1-37H. The normalized spacial score (nSPS) is 13.0. The lowest BCUT2D eigenvalue weighted by molar-refractivity contribution is 0.793. The summed E-state index contributed by atoms with van der Waals surface area (Å²) in [5, 5.41) is 5.25. The highest BCUT2D eigenvalue weighted by atomic mass is 32.1. The molecule has 0 unspecified atom stereocenters. The molecule has 61 heavy (non-hydrogen) atoms. The monoisotopic (exact) mass is 791 g/mol. The molecule has 11 aromatic rings. The van der Waals surface area contributed by atoms with E-state index in [1.165, 1.54) is 97.7 Å². The largest absolute Gasteiger partial charge is 0.310 e. The molecular weight excluding hydrogens is 755 g/mol. The van der Waals surface area contributed by atoms with Crippen LogP contribution in [0.2, 0.25) is 0 Å². The fraction of sp³-hybridized carbons (Fsp3) is 0.0169. The van der Waals surface area contributed by atoms with Gasteiger partial charge < -0.3 is 4.90 Å². The molecule has 2 heteroatoms. The van der Waals surface area contributed by atoms with Crippen LogP contribution < -0.4 is 4.90 Å². The molecule has 284 valence electrons. The molecule has 13 rings (SSSR count). The Bertz CT molecular complexity index is 3460. The summed E-state index contributed by atoms with van der Waals surface area (Å²) in [6, 6.07) is 83.4. The molecule has 1 heterocycles. The maximum atomic E-state index is 2.48. The first kappa shape index (κ1) is 34.4. The van der Waals surface area contributed by atoms with Gasteiger partial charge in [0.15, 0.2) is 0 Å². The van der Waals surface area contributed by atoms with Crippen LogP contribution in [-0.2, 0) is 5.41 Å². The van der Waals surface area contributed by atoms with E-state index in [0.717, 1.165) is 17.1 Å². The summed E-state index contributed by atoms with van der Waals surface area (Å²) in [4.78, 5) is 2.44. The number of anilines is 3. The summed E-state index contributed by atoms with van der Waals surface area (Å²) < 4.78 is 2.66. The fourth-order valence-electron chi connectivity index (χ4n) is 10.7. The molecule has 10 aromatic carbocycles. The Morgan fingerprint density at radius 1 is 0.328 bits per heavy atom. The van der Waals surface area contributed by atoms with E-state index >= 15 is 0 Å². The molecule has 0 fully saturated rings. The fourth-order valence-corrected chi connectivity index (χ4v) is 11.9. The summed E-state index contributed by atoms with van der Waals surface area (Å²) in [5.74, 6) is 0. The third-order valence-electron chi connectivity index (χ3n) is 13.3. The molecule has 2 aliphatic rings. The van der Waals surface area contributed by atoms with Gasteiger partial charge in [0.25, 0.3) is 0 Å². The Morgan fingerprint density at radius 2 is 0.820 bits per heavy atom. The van der Waals surface area contributed by atoms with Crippen molar-refractivity contribution >= 4 is 59.3 Å². The molecule has 1 nitrogen and oxygen atoms in total.